The lowest BCUT2D eigenvalue weighted by atomic mass is 9.97. The molecule has 0 unspecified atom stereocenters. The zero-order valence-electron chi connectivity index (χ0n) is 19.2. The van der Waals surface area contributed by atoms with E-state index in [0.717, 1.165) is 5.56 Å². The van der Waals surface area contributed by atoms with Crippen LogP contribution in [0.15, 0.2) is 30.3 Å². The van der Waals surface area contributed by atoms with E-state index < -0.39 is 48.6 Å². The maximum Gasteiger partial charge on any atom is 0.407 e. The van der Waals surface area contributed by atoms with Crippen molar-refractivity contribution in [2.45, 2.75) is 51.1 Å². The number of rotatable bonds is 12. The molecule has 190 valence electrons. The molecular formula is C22H32N2O10. The minimum Gasteiger partial charge on any atom is -0.463 e. The molecule has 1 saturated heterocycles. The van der Waals surface area contributed by atoms with Crippen molar-refractivity contribution in [3.8, 4) is 0 Å². The van der Waals surface area contributed by atoms with Crippen molar-refractivity contribution in [2.24, 2.45) is 0 Å². The summed E-state index contributed by atoms with van der Waals surface area (Å²) in [5.74, 6) is -1.02. The fourth-order valence-corrected chi connectivity index (χ4v) is 3.12. The van der Waals surface area contributed by atoms with Crippen molar-refractivity contribution in [1.82, 2.24) is 10.6 Å². The summed E-state index contributed by atoms with van der Waals surface area (Å²) < 4.78 is 26.5. The molecule has 12 nitrogen and oxygen atoms in total. The van der Waals surface area contributed by atoms with E-state index in [4.69, 9.17) is 23.7 Å². The van der Waals surface area contributed by atoms with Gasteiger partial charge in [-0.1, -0.05) is 30.3 Å². The van der Waals surface area contributed by atoms with Crippen molar-refractivity contribution in [2.75, 3.05) is 33.0 Å². The topological polar surface area (TPSA) is 162 Å². The molecule has 34 heavy (non-hydrogen) atoms. The van der Waals surface area contributed by atoms with Crippen molar-refractivity contribution < 1.29 is 48.3 Å². The van der Waals surface area contributed by atoms with Crippen LogP contribution in [0.1, 0.15) is 19.4 Å². The van der Waals surface area contributed by atoms with E-state index in [1.54, 1.807) is 0 Å². The van der Waals surface area contributed by atoms with Crippen LogP contribution in [-0.4, -0.2) is 91.8 Å². The molecule has 0 aliphatic carbocycles. The number of aliphatic hydroxyl groups excluding tert-OH is 2. The fraction of sp³-hybridized carbons (Fsp3) is 0.591. The molecule has 12 heteroatoms. The number of amides is 2. The third-order valence-corrected chi connectivity index (χ3v) is 4.76. The molecule has 1 aromatic carbocycles. The highest BCUT2D eigenvalue weighted by molar-refractivity contribution is 5.73. The molecule has 2 rings (SSSR count). The molecule has 0 spiro atoms. The van der Waals surface area contributed by atoms with Crippen molar-refractivity contribution >= 4 is 18.0 Å². The highest BCUT2D eigenvalue weighted by atomic mass is 16.7. The second-order valence-electron chi connectivity index (χ2n) is 7.52. The summed E-state index contributed by atoms with van der Waals surface area (Å²) in [6.45, 7) is 2.90. The second-order valence-corrected chi connectivity index (χ2v) is 7.52. The first-order valence-corrected chi connectivity index (χ1v) is 10.8. The van der Waals surface area contributed by atoms with Gasteiger partial charge in [-0.2, -0.15) is 0 Å². The maximum atomic E-state index is 11.7. The highest BCUT2D eigenvalue weighted by Gasteiger charge is 2.45. The van der Waals surface area contributed by atoms with Crippen molar-refractivity contribution in [3.63, 3.8) is 0 Å². The Balaban J connectivity index is 1.68. The van der Waals surface area contributed by atoms with Crippen LogP contribution in [-0.2, 0) is 39.9 Å². The summed E-state index contributed by atoms with van der Waals surface area (Å²) in [7, 11) is 0. The first-order valence-electron chi connectivity index (χ1n) is 10.8. The number of aliphatic hydroxyl groups is 2. The van der Waals surface area contributed by atoms with Gasteiger partial charge >= 0.3 is 12.1 Å². The quantitative estimate of drug-likeness (QED) is 0.224. The summed E-state index contributed by atoms with van der Waals surface area (Å²) in [5.41, 5.74) is 0.876. The third-order valence-electron chi connectivity index (χ3n) is 4.76. The van der Waals surface area contributed by atoms with Crippen LogP contribution in [0.3, 0.4) is 0 Å². The summed E-state index contributed by atoms with van der Waals surface area (Å²) in [6, 6.07) is 8.24. The van der Waals surface area contributed by atoms with Gasteiger partial charge in [0.2, 0.25) is 5.91 Å². The molecule has 0 aromatic heterocycles. The number of esters is 1. The molecule has 5 atom stereocenters. The summed E-state index contributed by atoms with van der Waals surface area (Å²) in [4.78, 5) is 34.2. The number of carbonyl (C=O) groups is 3. The van der Waals surface area contributed by atoms with Gasteiger partial charge < -0.3 is 44.5 Å². The molecule has 1 fully saturated rings. The van der Waals surface area contributed by atoms with E-state index in [1.165, 1.54) is 13.8 Å². The molecule has 1 aliphatic heterocycles. The summed E-state index contributed by atoms with van der Waals surface area (Å²) >= 11 is 0. The number of alkyl carbamates (subject to hydrolysis) is 1. The van der Waals surface area contributed by atoms with E-state index in [9.17, 15) is 24.6 Å². The Labute approximate surface area is 197 Å². The van der Waals surface area contributed by atoms with Crippen molar-refractivity contribution in [3.05, 3.63) is 35.9 Å². The lowest BCUT2D eigenvalue weighted by Gasteiger charge is -2.42. The van der Waals surface area contributed by atoms with Gasteiger partial charge in [-0.15, -0.1) is 0 Å². The number of ether oxygens (including phenoxy) is 5. The zero-order chi connectivity index (χ0) is 24.9. The van der Waals surface area contributed by atoms with Crippen LogP contribution in [0.2, 0.25) is 0 Å². The van der Waals surface area contributed by atoms with E-state index in [1.807, 2.05) is 30.3 Å². The van der Waals surface area contributed by atoms with Crippen LogP contribution >= 0.6 is 0 Å². The Kier molecular flexibility index (Phi) is 11.7. The second kappa shape index (κ2) is 14.5. The minimum absolute atomic E-state index is 0.0301. The third kappa shape index (κ3) is 9.61. The average molecular weight is 485 g/mol. The molecule has 0 bridgehead atoms. The fourth-order valence-electron chi connectivity index (χ4n) is 3.12. The molecule has 0 radical (unpaired) electrons. The first-order chi connectivity index (χ1) is 16.3. The minimum atomic E-state index is -1.41. The van der Waals surface area contributed by atoms with E-state index in [2.05, 4.69) is 10.6 Å². The molecular weight excluding hydrogens is 452 g/mol. The number of nitrogens with one attached hydrogen (secondary N) is 2. The van der Waals surface area contributed by atoms with E-state index >= 15 is 0 Å². The molecule has 1 heterocycles. The first kappa shape index (κ1) is 27.5. The summed E-state index contributed by atoms with van der Waals surface area (Å²) in [5, 5.41) is 25.7. The predicted molar refractivity (Wildman–Crippen MR) is 116 cm³/mol. The monoisotopic (exact) mass is 484 g/mol. The molecule has 2 amide bonds. The SMILES string of the molecule is CC(=O)N[C@H]1[C@H](OCCOCCNC(=O)OCc2ccccc2)O[C@H](COC(C)=O)[C@H](O)[C@@H]1O. The standard InChI is InChI=1S/C22H32N2O10/c1-14(25)24-18-20(28)19(27)17(13-32-15(2)26)34-21(18)31-11-10-30-9-8-23-22(29)33-12-16-6-4-3-5-7-16/h3-7,17-21,27-28H,8-13H2,1-2H3,(H,23,29)(H,24,25)/t17-,18-,19+,20-,21-/m1/s1. The van der Waals surface area contributed by atoms with E-state index in [-0.39, 0.29) is 39.6 Å². The van der Waals surface area contributed by atoms with Crippen LogP contribution < -0.4 is 10.6 Å². The van der Waals surface area contributed by atoms with E-state index in [0.29, 0.717) is 0 Å². The zero-order valence-corrected chi connectivity index (χ0v) is 19.2. The maximum absolute atomic E-state index is 11.7. The van der Waals surface area contributed by atoms with Gasteiger partial charge in [0.25, 0.3) is 0 Å². The lowest BCUT2D eigenvalue weighted by Crippen LogP contribution is -2.64. The smallest absolute Gasteiger partial charge is 0.407 e. The summed E-state index contributed by atoms with van der Waals surface area (Å²) in [6.07, 6.45) is -5.53. The van der Waals surface area contributed by atoms with Gasteiger partial charge in [0.05, 0.1) is 19.8 Å². The predicted octanol–water partition coefficient (Wildman–Crippen LogP) is -0.539. The van der Waals surface area contributed by atoms with Crippen LogP contribution in [0, 0.1) is 0 Å². The Hall–Kier alpha value is -2.77. The Morgan fingerprint density at radius 2 is 1.74 bits per heavy atom. The van der Waals surface area contributed by atoms with Crippen LogP contribution in [0.4, 0.5) is 4.79 Å². The van der Waals surface area contributed by atoms with Gasteiger partial charge in [-0.25, -0.2) is 4.79 Å². The van der Waals surface area contributed by atoms with Gasteiger partial charge in [0.15, 0.2) is 6.29 Å². The number of hydrogen-bond donors (Lipinski definition) is 4. The van der Waals surface area contributed by atoms with Gasteiger partial charge in [0, 0.05) is 20.4 Å². The highest BCUT2D eigenvalue weighted by Crippen LogP contribution is 2.22. The van der Waals surface area contributed by atoms with Gasteiger partial charge in [-0.3, -0.25) is 9.59 Å². The normalized spacial score (nSPS) is 24.2. The van der Waals surface area contributed by atoms with Gasteiger partial charge in [-0.05, 0) is 5.56 Å². The molecule has 1 aliphatic rings. The number of carbonyl (C=O) groups excluding carboxylic acids is 3. The lowest BCUT2D eigenvalue weighted by molar-refractivity contribution is -0.273. The number of hydrogen-bond acceptors (Lipinski definition) is 10. The molecule has 0 saturated carbocycles. The van der Waals surface area contributed by atoms with Crippen LogP contribution in [0.5, 0.6) is 0 Å². The largest absolute Gasteiger partial charge is 0.463 e. The van der Waals surface area contributed by atoms with Crippen LogP contribution in [0.25, 0.3) is 0 Å². The molecule has 1 aromatic rings. The van der Waals surface area contributed by atoms with Gasteiger partial charge in [0.1, 0.15) is 37.6 Å². The molecule has 4 N–H and O–H groups in total. The van der Waals surface area contributed by atoms with Crippen molar-refractivity contribution in [1.29, 1.82) is 0 Å². The Bertz CT molecular complexity index is 776. The Morgan fingerprint density at radius 3 is 2.41 bits per heavy atom. The Morgan fingerprint density at radius 1 is 1.00 bits per heavy atom. The number of benzene rings is 1. The average Bonchev–Trinajstić information content (AvgIpc) is 2.80.